The molecule has 1 aromatic carbocycles. The van der Waals surface area contributed by atoms with Crippen LogP contribution >= 0.6 is 11.8 Å². The van der Waals surface area contributed by atoms with Crippen LogP contribution < -0.4 is 9.47 Å². The van der Waals surface area contributed by atoms with Crippen molar-refractivity contribution in [2.75, 3.05) is 25.7 Å². The molecule has 1 rings (SSSR count). The van der Waals surface area contributed by atoms with Gasteiger partial charge in [-0.15, -0.1) is 0 Å². The van der Waals surface area contributed by atoms with Crippen molar-refractivity contribution in [1.29, 1.82) is 0 Å². The Hall–Kier alpha value is -0.830. The van der Waals surface area contributed by atoms with Crippen molar-refractivity contribution in [3.8, 4) is 11.5 Å². The molecule has 0 aliphatic heterocycles. The summed E-state index contributed by atoms with van der Waals surface area (Å²) in [7, 11) is 1.68. The Bertz CT molecular complexity index is 356. The van der Waals surface area contributed by atoms with E-state index < -0.39 is 0 Å². The molecule has 0 bridgehead atoms. The van der Waals surface area contributed by atoms with E-state index in [9.17, 15) is 0 Å². The highest BCUT2D eigenvalue weighted by Crippen LogP contribution is 2.33. The van der Waals surface area contributed by atoms with Crippen LogP contribution in [0.25, 0.3) is 0 Å². The fraction of sp³-hybridized carbons (Fsp3) is 0.571. The quantitative estimate of drug-likeness (QED) is 0.746. The van der Waals surface area contributed by atoms with Crippen molar-refractivity contribution >= 4 is 11.8 Å². The summed E-state index contributed by atoms with van der Waals surface area (Å²) in [5.74, 6) is 2.64. The Kier molecular flexibility index (Phi) is 5.19. The molecule has 1 aromatic rings. The van der Waals surface area contributed by atoms with Crippen molar-refractivity contribution in [2.45, 2.75) is 26.2 Å². The van der Waals surface area contributed by atoms with Crippen molar-refractivity contribution < 1.29 is 9.47 Å². The van der Waals surface area contributed by atoms with Crippen LogP contribution in [0, 0.1) is 0 Å². The predicted octanol–water partition coefficient (Wildman–Crippen LogP) is 3.73. The van der Waals surface area contributed by atoms with Gasteiger partial charge in [-0.1, -0.05) is 26.8 Å². The molecule has 0 spiro atoms. The molecule has 0 N–H and O–H groups in total. The lowest BCUT2D eigenvalue weighted by atomic mass is 9.87. The Labute approximate surface area is 109 Å². The van der Waals surface area contributed by atoms with Crippen molar-refractivity contribution in [1.82, 2.24) is 0 Å². The molecule has 96 valence electrons. The van der Waals surface area contributed by atoms with Gasteiger partial charge >= 0.3 is 0 Å². The monoisotopic (exact) mass is 254 g/mol. The number of rotatable bonds is 5. The summed E-state index contributed by atoms with van der Waals surface area (Å²) in [6.07, 6.45) is 2.07. The molecule has 0 radical (unpaired) electrons. The van der Waals surface area contributed by atoms with E-state index in [-0.39, 0.29) is 5.41 Å². The van der Waals surface area contributed by atoms with Gasteiger partial charge in [0.15, 0.2) is 11.5 Å². The smallest absolute Gasteiger partial charge is 0.161 e. The van der Waals surface area contributed by atoms with E-state index in [2.05, 4.69) is 39.2 Å². The van der Waals surface area contributed by atoms with E-state index in [4.69, 9.17) is 9.47 Å². The standard InChI is InChI=1S/C14H22O2S/c1-14(2,3)11-6-7-12(13(10-11)15-4)16-8-9-17-5/h6-7,10H,8-9H2,1-5H3. The van der Waals surface area contributed by atoms with Gasteiger partial charge in [0, 0.05) is 5.75 Å². The molecular formula is C14H22O2S. The molecule has 0 saturated heterocycles. The molecule has 17 heavy (non-hydrogen) atoms. The molecule has 0 atom stereocenters. The first-order chi connectivity index (χ1) is 7.99. The van der Waals surface area contributed by atoms with Gasteiger partial charge < -0.3 is 9.47 Å². The number of thioether (sulfide) groups is 1. The maximum Gasteiger partial charge on any atom is 0.161 e. The van der Waals surface area contributed by atoms with Crippen LogP contribution in [-0.4, -0.2) is 25.7 Å². The topological polar surface area (TPSA) is 18.5 Å². The van der Waals surface area contributed by atoms with Crippen LogP contribution in [0.5, 0.6) is 11.5 Å². The molecule has 0 heterocycles. The molecule has 0 saturated carbocycles. The highest BCUT2D eigenvalue weighted by Gasteiger charge is 2.16. The Morgan fingerprint density at radius 1 is 1.18 bits per heavy atom. The Balaban J connectivity index is 2.86. The summed E-state index contributed by atoms with van der Waals surface area (Å²) in [5, 5.41) is 0. The fourth-order valence-electron chi connectivity index (χ4n) is 1.49. The van der Waals surface area contributed by atoms with E-state index in [1.807, 2.05) is 6.07 Å². The van der Waals surface area contributed by atoms with E-state index in [0.717, 1.165) is 17.3 Å². The zero-order valence-corrected chi connectivity index (χ0v) is 12.2. The van der Waals surface area contributed by atoms with Crippen molar-refractivity contribution in [2.24, 2.45) is 0 Å². The Morgan fingerprint density at radius 3 is 2.41 bits per heavy atom. The van der Waals surface area contributed by atoms with Crippen molar-refractivity contribution in [3.05, 3.63) is 23.8 Å². The lowest BCUT2D eigenvalue weighted by molar-refractivity contribution is 0.313. The van der Waals surface area contributed by atoms with Crippen LogP contribution in [0.15, 0.2) is 18.2 Å². The van der Waals surface area contributed by atoms with Gasteiger partial charge in [0.2, 0.25) is 0 Å². The SMILES string of the molecule is COc1cc(C(C)(C)C)ccc1OCCSC. The van der Waals surface area contributed by atoms with Gasteiger partial charge in [-0.25, -0.2) is 0 Å². The second-order valence-corrected chi connectivity index (χ2v) is 5.94. The van der Waals surface area contributed by atoms with Gasteiger partial charge in [0.25, 0.3) is 0 Å². The van der Waals surface area contributed by atoms with Crippen LogP contribution in [0.2, 0.25) is 0 Å². The summed E-state index contributed by atoms with van der Waals surface area (Å²) < 4.78 is 11.1. The van der Waals surface area contributed by atoms with Crippen molar-refractivity contribution in [3.63, 3.8) is 0 Å². The maximum atomic E-state index is 5.69. The van der Waals surface area contributed by atoms with E-state index in [1.54, 1.807) is 18.9 Å². The molecule has 2 nitrogen and oxygen atoms in total. The summed E-state index contributed by atoms with van der Waals surface area (Å²) in [4.78, 5) is 0. The molecule has 0 aromatic heterocycles. The molecule has 3 heteroatoms. The summed E-state index contributed by atoms with van der Waals surface area (Å²) in [5.41, 5.74) is 1.39. The van der Waals surface area contributed by atoms with Gasteiger partial charge in [-0.05, 0) is 29.4 Å². The van der Waals surface area contributed by atoms with Crippen LogP contribution in [0.4, 0.5) is 0 Å². The summed E-state index contributed by atoms with van der Waals surface area (Å²) in [6.45, 7) is 7.29. The number of methoxy groups -OCH3 is 1. The first-order valence-corrected chi connectivity index (χ1v) is 7.18. The average molecular weight is 254 g/mol. The van der Waals surface area contributed by atoms with E-state index in [1.165, 1.54) is 5.56 Å². The number of hydrogen-bond acceptors (Lipinski definition) is 3. The molecular weight excluding hydrogens is 232 g/mol. The van der Waals surface area contributed by atoms with E-state index in [0.29, 0.717) is 6.61 Å². The molecule has 0 unspecified atom stereocenters. The third-order valence-corrected chi connectivity index (χ3v) is 3.15. The minimum absolute atomic E-state index is 0.130. The molecule has 0 aliphatic carbocycles. The van der Waals surface area contributed by atoms with Crippen LogP contribution in [-0.2, 0) is 5.41 Å². The predicted molar refractivity (Wildman–Crippen MR) is 75.6 cm³/mol. The molecule has 0 fully saturated rings. The summed E-state index contributed by atoms with van der Waals surface area (Å²) >= 11 is 1.78. The average Bonchev–Trinajstić information content (AvgIpc) is 2.28. The minimum atomic E-state index is 0.130. The van der Waals surface area contributed by atoms with Gasteiger partial charge in [-0.2, -0.15) is 11.8 Å². The first-order valence-electron chi connectivity index (χ1n) is 5.79. The number of hydrogen-bond donors (Lipinski definition) is 0. The highest BCUT2D eigenvalue weighted by atomic mass is 32.2. The van der Waals surface area contributed by atoms with Gasteiger partial charge in [-0.3, -0.25) is 0 Å². The second-order valence-electron chi connectivity index (χ2n) is 4.96. The third-order valence-electron chi connectivity index (χ3n) is 2.57. The maximum absolute atomic E-state index is 5.69. The molecule has 0 amide bonds. The zero-order chi connectivity index (χ0) is 12.9. The number of benzene rings is 1. The highest BCUT2D eigenvalue weighted by molar-refractivity contribution is 7.98. The second kappa shape index (κ2) is 6.20. The summed E-state index contributed by atoms with van der Waals surface area (Å²) in [6, 6.07) is 6.17. The normalized spacial score (nSPS) is 11.4. The van der Waals surface area contributed by atoms with Crippen LogP contribution in [0.3, 0.4) is 0 Å². The Morgan fingerprint density at radius 2 is 1.88 bits per heavy atom. The number of ether oxygens (including phenoxy) is 2. The van der Waals surface area contributed by atoms with E-state index >= 15 is 0 Å². The fourth-order valence-corrected chi connectivity index (χ4v) is 1.74. The lowest BCUT2D eigenvalue weighted by Gasteiger charge is -2.21. The van der Waals surface area contributed by atoms with Gasteiger partial charge in [0.1, 0.15) is 0 Å². The zero-order valence-electron chi connectivity index (χ0n) is 11.4. The lowest BCUT2D eigenvalue weighted by Crippen LogP contribution is -2.11. The van der Waals surface area contributed by atoms with Crippen LogP contribution in [0.1, 0.15) is 26.3 Å². The molecule has 0 aliphatic rings. The first kappa shape index (κ1) is 14.2. The largest absolute Gasteiger partial charge is 0.493 e. The minimum Gasteiger partial charge on any atom is -0.493 e. The van der Waals surface area contributed by atoms with Gasteiger partial charge in [0.05, 0.1) is 13.7 Å². The third kappa shape index (κ3) is 4.15.